The van der Waals surface area contributed by atoms with E-state index in [0.717, 1.165) is 16.6 Å². The minimum Gasteiger partial charge on any atom is -0.497 e. The first-order valence-electron chi connectivity index (χ1n) is 17.6. The lowest BCUT2D eigenvalue weighted by molar-refractivity contribution is -0.150. The number of aromatic nitrogens is 2. The van der Waals surface area contributed by atoms with Gasteiger partial charge in [-0.25, -0.2) is 4.68 Å². The lowest BCUT2D eigenvalue weighted by Gasteiger charge is -2.32. The Balaban J connectivity index is 1.24. The Kier molecular flexibility index (Phi) is 9.42. The van der Waals surface area contributed by atoms with E-state index in [9.17, 15) is 19.5 Å². The van der Waals surface area contributed by atoms with E-state index < -0.39 is 31.5 Å². The lowest BCUT2D eigenvalue weighted by atomic mass is 9.82. The fourth-order valence-corrected chi connectivity index (χ4v) is 10.8. The van der Waals surface area contributed by atoms with Crippen LogP contribution in [-0.4, -0.2) is 71.1 Å². The summed E-state index contributed by atoms with van der Waals surface area (Å²) in [6.07, 6.45) is -0.819. The molecule has 0 saturated carbocycles. The van der Waals surface area contributed by atoms with E-state index in [0.29, 0.717) is 34.6 Å². The van der Waals surface area contributed by atoms with Crippen LogP contribution in [0.5, 0.6) is 5.75 Å². The summed E-state index contributed by atoms with van der Waals surface area (Å²) in [7, 11) is -1.49. The highest BCUT2D eigenvalue weighted by atomic mass is 28.4. The number of ether oxygens (including phenoxy) is 2. The van der Waals surface area contributed by atoms with Crippen molar-refractivity contribution in [1.29, 1.82) is 0 Å². The number of anilines is 1. The fraction of sp³-hybridized carbons (Fsp3) is 0.325. The minimum atomic E-state index is -3.05. The fourth-order valence-electron chi connectivity index (χ4n) is 8.28. The van der Waals surface area contributed by atoms with E-state index in [1.165, 1.54) is 4.68 Å². The number of benzene rings is 4. The topological polar surface area (TPSA) is 137 Å². The van der Waals surface area contributed by atoms with Gasteiger partial charge in [-0.3, -0.25) is 19.5 Å². The van der Waals surface area contributed by atoms with Gasteiger partial charge >= 0.3 is 0 Å². The standard InChI is InChI=1S/C40H44N4O7Si/c1-26-37(52(3,4)49)35(23-36(46)42(19-20-45)24-27-11-6-5-7-12-27)51-40(26)32-22-30(50-2)17-18-34(32)43(39(40)48)25-28-13-10-14-29(21-28)44-38(47)31-15-8-9-16-33(31)41-44/h5-18,21-22,26,35,37,41,45,49H,19-20,23-25H2,1-4H3/t26-,35+,37-,40+/m0/s1. The minimum absolute atomic E-state index is 0.0611. The Morgan fingerprint density at radius 3 is 2.42 bits per heavy atom. The number of aliphatic hydroxyl groups excluding tert-OH is 1. The van der Waals surface area contributed by atoms with Crippen molar-refractivity contribution < 1.29 is 29.0 Å². The molecule has 2 aliphatic rings. The Bertz CT molecular complexity index is 2180. The summed E-state index contributed by atoms with van der Waals surface area (Å²) in [5.74, 6) is -0.451. The van der Waals surface area contributed by atoms with Crippen molar-refractivity contribution >= 4 is 36.7 Å². The average Bonchev–Trinajstić information content (AvgIpc) is 3.71. The third-order valence-electron chi connectivity index (χ3n) is 10.6. The summed E-state index contributed by atoms with van der Waals surface area (Å²) in [6, 6.07) is 29.9. The number of hydrogen-bond donors (Lipinski definition) is 3. The molecule has 0 radical (unpaired) electrons. The van der Waals surface area contributed by atoms with Crippen LogP contribution in [0, 0.1) is 5.92 Å². The molecule has 52 heavy (non-hydrogen) atoms. The zero-order valence-electron chi connectivity index (χ0n) is 29.8. The third-order valence-corrected chi connectivity index (χ3v) is 13.1. The van der Waals surface area contributed by atoms with Crippen LogP contribution in [0.25, 0.3) is 16.6 Å². The first-order valence-corrected chi connectivity index (χ1v) is 20.6. The number of para-hydroxylation sites is 1. The summed E-state index contributed by atoms with van der Waals surface area (Å²) in [6.45, 7) is 6.02. The van der Waals surface area contributed by atoms with E-state index in [-0.39, 0.29) is 43.5 Å². The molecule has 1 saturated heterocycles. The molecule has 11 nitrogen and oxygen atoms in total. The third kappa shape index (κ3) is 6.15. The average molecular weight is 721 g/mol. The van der Waals surface area contributed by atoms with Crippen LogP contribution in [0.15, 0.2) is 102 Å². The Morgan fingerprint density at radius 2 is 1.71 bits per heavy atom. The van der Waals surface area contributed by atoms with Gasteiger partial charge in [-0.1, -0.05) is 61.5 Å². The number of aromatic amines is 1. The molecule has 1 aromatic heterocycles. The number of hydrogen-bond acceptors (Lipinski definition) is 7. The van der Waals surface area contributed by atoms with Crippen molar-refractivity contribution in [1.82, 2.24) is 14.7 Å². The van der Waals surface area contributed by atoms with Crippen LogP contribution < -0.4 is 15.2 Å². The highest BCUT2D eigenvalue weighted by molar-refractivity contribution is 6.71. The number of carbonyl (C=O) groups excluding carboxylic acids is 2. The highest BCUT2D eigenvalue weighted by Gasteiger charge is 2.66. The first-order chi connectivity index (χ1) is 25.0. The van der Waals surface area contributed by atoms with Crippen LogP contribution in [0.4, 0.5) is 5.69 Å². The predicted molar refractivity (Wildman–Crippen MR) is 201 cm³/mol. The van der Waals surface area contributed by atoms with E-state index >= 15 is 4.79 Å². The van der Waals surface area contributed by atoms with Gasteiger partial charge in [0.25, 0.3) is 11.5 Å². The summed E-state index contributed by atoms with van der Waals surface area (Å²) in [4.78, 5) is 57.3. The summed E-state index contributed by atoms with van der Waals surface area (Å²) in [5.41, 5.74) is 2.24. The van der Waals surface area contributed by atoms with Crippen molar-refractivity contribution in [2.75, 3.05) is 25.2 Å². The SMILES string of the molecule is COc1ccc2c(c1)[C@@]1(O[C@H](CC(=O)N(CCO)Cc3ccccc3)[C@@H]([Si](C)(C)O)[C@@H]1C)C(=O)N2Cc1cccc(-n2[nH]c3ccccc3c2=O)c1. The van der Waals surface area contributed by atoms with Gasteiger partial charge < -0.3 is 29.2 Å². The zero-order chi connectivity index (χ0) is 36.8. The summed E-state index contributed by atoms with van der Waals surface area (Å²) in [5, 5.41) is 13.6. The molecule has 2 amide bonds. The molecule has 4 atom stereocenters. The molecule has 1 spiro atoms. The van der Waals surface area contributed by atoms with E-state index in [1.54, 1.807) is 29.0 Å². The van der Waals surface area contributed by atoms with Gasteiger partial charge in [0.05, 0.1) is 55.1 Å². The second kappa shape index (κ2) is 13.8. The van der Waals surface area contributed by atoms with Crippen LogP contribution in [-0.2, 0) is 33.0 Å². The van der Waals surface area contributed by atoms with E-state index in [2.05, 4.69) is 5.10 Å². The van der Waals surface area contributed by atoms with Crippen LogP contribution >= 0.6 is 0 Å². The predicted octanol–water partition coefficient (Wildman–Crippen LogP) is 5.08. The molecule has 0 aliphatic carbocycles. The number of amides is 2. The molecule has 4 aromatic carbocycles. The van der Waals surface area contributed by atoms with Gasteiger partial charge in [0.15, 0.2) is 13.9 Å². The van der Waals surface area contributed by atoms with Gasteiger partial charge in [0.1, 0.15) is 5.75 Å². The second-order valence-electron chi connectivity index (χ2n) is 14.3. The molecule has 270 valence electrons. The number of methoxy groups -OCH3 is 1. The first kappa shape index (κ1) is 35.4. The molecule has 2 aliphatic heterocycles. The van der Waals surface area contributed by atoms with Gasteiger partial charge in [0, 0.05) is 30.1 Å². The molecule has 12 heteroatoms. The maximum atomic E-state index is 15.0. The van der Waals surface area contributed by atoms with Gasteiger partial charge in [0.2, 0.25) is 5.91 Å². The number of H-pyrrole nitrogens is 1. The summed E-state index contributed by atoms with van der Waals surface area (Å²) >= 11 is 0. The summed E-state index contributed by atoms with van der Waals surface area (Å²) < 4.78 is 14.0. The van der Waals surface area contributed by atoms with Gasteiger partial charge in [-0.05, 0) is 66.7 Å². The molecule has 0 unspecified atom stereocenters. The van der Waals surface area contributed by atoms with Gasteiger partial charge in [-0.2, -0.15) is 0 Å². The molecule has 5 aromatic rings. The van der Waals surface area contributed by atoms with Crippen LogP contribution in [0.2, 0.25) is 18.6 Å². The number of fused-ring (bicyclic) bond motifs is 3. The van der Waals surface area contributed by atoms with Crippen molar-refractivity contribution in [3.63, 3.8) is 0 Å². The number of aliphatic hydroxyl groups is 1. The van der Waals surface area contributed by atoms with E-state index in [4.69, 9.17) is 9.47 Å². The van der Waals surface area contributed by atoms with Crippen molar-refractivity contribution in [2.45, 2.75) is 56.8 Å². The number of rotatable bonds is 11. The van der Waals surface area contributed by atoms with Crippen LogP contribution in [0.1, 0.15) is 30.0 Å². The normalized spacial score (nSPS) is 21.2. The monoisotopic (exact) mass is 720 g/mol. The smallest absolute Gasteiger partial charge is 0.279 e. The quantitative estimate of drug-likeness (QED) is 0.162. The molecular formula is C40H44N4O7Si. The van der Waals surface area contributed by atoms with Crippen molar-refractivity contribution in [2.24, 2.45) is 5.92 Å². The van der Waals surface area contributed by atoms with Crippen molar-refractivity contribution in [3.8, 4) is 11.4 Å². The maximum absolute atomic E-state index is 15.0. The number of carbonyl (C=O) groups is 2. The molecular weight excluding hydrogens is 677 g/mol. The largest absolute Gasteiger partial charge is 0.497 e. The Morgan fingerprint density at radius 1 is 0.981 bits per heavy atom. The van der Waals surface area contributed by atoms with Crippen molar-refractivity contribution in [3.05, 3.63) is 124 Å². The zero-order valence-corrected chi connectivity index (χ0v) is 30.8. The maximum Gasteiger partial charge on any atom is 0.279 e. The molecule has 3 heterocycles. The van der Waals surface area contributed by atoms with E-state index in [1.807, 2.05) is 105 Å². The Hall–Kier alpha value is -5.01. The molecule has 7 rings (SSSR count). The lowest BCUT2D eigenvalue weighted by Crippen LogP contribution is -2.46. The second-order valence-corrected chi connectivity index (χ2v) is 18.3. The molecule has 3 N–H and O–H groups in total. The van der Waals surface area contributed by atoms with Crippen LogP contribution in [0.3, 0.4) is 0 Å². The number of nitrogens with one attached hydrogen (secondary N) is 1. The van der Waals surface area contributed by atoms with Gasteiger partial charge in [-0.15, -0.1) is 0 Å². The molecule has 1 fully saturated rings. The Labute approximate surface area is 303 Å². The number of nitrogens with zero attached hydrogens (tertiary/aromatic N) is 3. The molecule has 0 bridgehead atoms. The highest BCUT2D eigenvalue weighted by Crippen LogP contribution is 2.60.